The molecule has 0 aliphatic carbocycles. The van der Waals surface area contributed by atoms with Crippen molar-refractivity contribution >= 4 is 35.8 Å². The predicted molar refractivity (Wildman–Crippen MR) is 286 cm³/mol. The zero-order valence-corrected chi connectivity index (χ0v) is 51.5. The molecular weight excluding hydrogens is 1300 g/mol. The lowest BCUT2D eigenvalue weighted by Crippen LogP contribution is -2.68. The first kappa shape index (κ1) is 76.4. The second kappa shape index (κ2) is 33.2. The van der Waals surface area contributed by atoms with E-state index in [1.807, 2.05) is 0 Å². The number of hydrogen-bond acceptors (Lipinski definition) is 41. The van der Waals surface area contributed by atoms with Crippen molar-refractivity contribution < 1.29 is 200 Å². The van der Waals surface area contributed by atoms with Gasteiger partial charge in [-0.25, -0.2) is 0 Å². The van der Waals surface area contributed by atoms with Gasteiger partial charge in [0.25, 0.3) is 0 Å². The third kappa shape index (κ3) is 18.0. The Hall–Kier alpha value is -4.34. The first-order valence-electron chi connectivity index (χ1n) is 29.9. The minimum Gasteiger partial charge on any atom is -0.463 e. The lowest BCUT2D eigenvalue weighted by molar-refractivity contribution is -0.396. The van der Waals surface area contributed by atoms with Gasteiger partial charge < -0.3 is 171 Å². The number of hydrogen-bond donors (Lipinski definition) is 15. The number of aliphatic hydroxyl groups excluding tert-OH is 15. The van der Waals surface area contributed by atoms with E-state index in [9.17, 15) is 105 Å². The van der Waals surface area contributed by atoms with Gasteiger partial charge in [-0.2, -0.15) is 0 Å². The van der Waals surface area contributed by atoms with Crippen LogP contribution in [-0.4, -0.2) is 374 Å². The van der Waals surface area contributed by atoms with Crippen molar-refractivity contribution in [2.75, 3.05) is 46.2 Å². The number of carbonyl (C=O) groups excluding carboxylic acids is 6. The summed E-state index contributed by atoms with van der Waals surface area (Å²) >= 11 is 0. The van der Waals surface area contributed by atoms with Gasteiger partial charge in [-0.05, 0) is 0 Å². The average molecular weight is 1390 g/mol. The van der Waals surface area contributed by atoms with Crippen LogP contribution in [0.5, 0.6) is 0 Å². The topological polar surface area (TPSA) is 590 Å². The van der Waals surface area contributed by atoms with E-state index < -0.39 is 297 Å². The summed E-state index contributed by atoms with van der Waals surface area (Å²) in [6.07, 6.45) is -74.3. The Morgan fingerprint density at radius 1 is 0.221 bits per heavy atom. The second-order valence-electron chi connectivity index (χ2n) is 23.4. The van der Waals surface area contributed by atoms with Crippen molar-refractivity contribution in [3.05, 3.63) is 0 Å². The molecule has 35 atom stereocenters. The molecule has 21 heterocycles. The average Bonchev–Trinajstić information content (AvgIpc) is 0.787. The van der Waals surface area contributed by atoms with E-state index in [4.69, 9.17) is 94.7 Å². The zero-order valence-electron chi connectivity index (χ0n) is 51.5. The molecule has 544 valence electrons. The molecule has 0 radical (unpaired) electrons. The van der Waals surface area contributed by atoms with Crippen LogP contribution in [0.25, 0.3) is 0 Å². The lowest BCUT2D eigenvalue weighted by atomic mass is 9.95. The third-order valence-corrected chi connectivity index (χ3v) is 16.4. The van der Waals surface area contributed by atoms with Crippen LogP contribution in [0.3, 0.4) is 0 Å². The van der Waals surface area contributed by atoms with Gasteiger partial charge in [-0.1, -0.05) is 0 Å². The molecule has 3 unspecified atom stereocenters. The summed E-state index contributed by atoms with van der Waals surface area (Å²) < 4.78 is 114. The van der Waals surface area contributed by atoms with Gasteiger partial charge in [0.1, 0.15) is 211 Å². The Labute approximate surface area is 537 Å². The summed E-state index contributed by atoms with van der Waals surface area (Å²) in [7, 11) is 0. The monoisotopic (exact) mass is 1390 g/mol. The Morgan fingerprint density at radius 3 is 0.474 bits per heavy atom. The Bertz CT molecular complexity index is 2500. The minimum absolute atomic E-state index is 0.873. The molecular formula is C54H82O41. The smallest absolute Gasteiger partial charge is 0.302 e. The summed E-state index contributed by atoms with van der Waals surface area (Å²) in [5.41, 5.74) is 0. The molecule has 41 heteroatoms. The molecule has 21 fully saturated rings. The van der Waals surface area contributed by atoms with E-state index in [0.717, 1.165) is 41.5 Å². The van der Waals surface area contributed by atoms with Crippen LogP contribution < -0.4 is 0 Å². The molecule has 21 aliphatic heterocycles. The van der Waals surface area contributed by atoms with Gasteiger partial charge in [-0.3, -0.25) is 28.8 Å². The van der Waals surface area contributed by atoms with Crippen LogP contribution in [0.1, 0.15) is 41.5 Å². The fourth-order valence-electron chi connectivity index (χ4n) is 11.5. The molecule has 0 spiro atoms. The molecule has 0 aromatic rings. The van der Waals surface area contributed by atoms with Gasteiger partial charge in [-0.15, -0.1) is 0 Å². The Morgan fingerprint density at radius 2 is 0.347 bits per heavy atom. The van der Waals surface area contributed by atoms with Crippen LogP contribution in [0.4, 0.5) is 0 Å². The molecule has 95 heavy (non-hydrogen) atoms. The SMILES string of the molecule is CC(=O)OC[C@H]1O[C@H]2O[C@H]3[C@H](O)[C@@H](O)[C@H](O[C@@H]3COC(C)=O)O[C@H]3C(O)[C@@H](O)[C@@H](O[C@H]4[C@H](O)[C@@H](O)[C@@H](O[C@H]5[C@H](O)[C@@H](O)[C@H](O[C@@H]5COC(C)=O)O[C@H]5C(O)[C@@H](O)[C@@H](O[C@H]6[C@H](O)C(O)[C@@H](O[C@H]1[C@H](O)[C@H]2O)O[C@@H]6COC(C)=O)O[C@@H]5COC(C)=O)O[C@@H]4CO)O[C@@H]3COC(C)=O. The zero-order chi connectivity index (χ0) is 69.8. The molecule has 15 N–H and O–H groups in total. The van der Waals surface area contributed by atoms with E-state index in [-0.39, 0.29) is 0 Å². The lowest BCUT2D eigenvalue weighted by Gasteiger charge is -2.50. The maximum absolute atomic E-state index is 12.3. The molecule has 0 amide bonds. The first-order valence-corrected chi connectivity index (χ1v) is 29.9. The van der Waals surface area contributed by atoms with E-state index in [2.05, 4.69) is 0 Å². The summed E-state index contributed by atoms with van der Waals surface area (Å²) in [6.45, 7) is -0.652. The summed E-state index contributed by atoms with van der Waals surface area (Å²) in [4.78, 5) is 73.4. The highest BCUT2D eigenvalue weighted by molar-refractivity contribution is 5.67. The third-order valence-electron chi connectivity index (χ3n) is 16.4. The van der Waals surface area contributed by atoms with Crippen molar-refractivity contribution in [2.24, 2.45) is 0 Å². The number of rotatable bonds is 13. The number of aliphatic hydroxyl groups is 15. The molecule has 0 aromatic heterocycles. The van der Waals surface area contributed by atoms with Gasteiger partial charge >= 0.3 is 35.8 Å². The van der Waals surface area contributed by atoms with Crippen LogP contribution in [0, 0.1) is 0 Å². The van der Waals surface area contributed by atoms with E-state index in [1.54, 1.807) is 0 Å². The predicted octanol–water partition coefficient (Wildman–Crippen LogP) is -11.8. The molecule has 0 saturated carbocycles. The maximum Gasteiger partial charge on any atom is 0.302 e. The molecule has 21 aliphatic rings. The second-order valence-corrected chi connectivity index (χ2v) is 23.4. The quantitative estimate of drug-likeness (QED) is 0.0601. The van der Waals surface area contributed by atoms with Crippen molar-refractivity contribution in [3.63, 3.8) is 0 Å². The first-order chi connectivity index (χ1) is 44.8. The maximum atomic E-state index is 12.3. The molecule has 21 rings (SSSR count). The standard InChI is InChI=1S/C54H82O41/c1-14(56)76-8-21-42-29(64)36(71)50(84-21)92-44-23(10-78-16(3)58)86-52(38(73)31(44)66)94-46-25(12-80-18(5)60)88-54(40(75)33(46)68)95-47-26(13-81-19(6)61)87-53(39(74)32(47)67)93-45-24(11-79-17(4)59)85-51(37(72)30(45)65)91-43-22(9-77-15(2)57)83-49(35(70)28(43)63)89-41-20(7-55)82-48(90-42)34(69)27(41)62/h20-55,62-75H,7-13H2,1-6H3/t20-,21-,22-,23-,24-,25-,26-,27-,28?,29-,30-,31?,32-,33-,34-,35-,36-,37-,38-,39-,40?,41-,42-,43-,44-,45-,46-,47-,48-,49-,50-,51-,52-,53+,54-/m1/s1. The summed E-state index contributed by atoms with van der Waals surface area (Å²) in [6, 6.07) is 0. The highest BCUT2D eigenvalue weighted by atomic mass is 16.8. The van der Waals surface area contributed by atoms with Crippen LogP contribution in [-0.2, 0) is 124 Å². The van der Waals surface area contributed by atoms with Gasteiger partial charge in [0.05, 0.1) is 6.61 Å². The highest BCUT2D eigenvalue weighted by Gasteiger charge is 2.60. The van der Waals surface area contributed by atoms with Gasteiger partial charge in [0, 0.05) is 41.5 Å². The van der Waals surface area contributed by atoms with Gasteiger partial charge in [0.2, 0.25) is 0 Å². The minimum atomic E-state index is -2.34. The van der Waals surface area contributed by atoms with Gasteiger partial charge in [0.15, 0.2) is 44.0 Å². The molecule has 21 saturated heterocycles. The van der Waals surface area contributed by atoms with E-state index >= 15 is 0 Å². The Kier molecular flexibility index (Phi) is 26.7. The van der Waals surface area contributed by atoms with Crippen molar-refractivity contribution in [1.82, 2.24) is 0 Å². The number of ether oxygens (including phenoxy) is 20. The number of carbonyl (C=O) groups is 6. The van der Waals surface area contributed by atoms with Crippen molar-refractivity contribution in [3.8, 4) is 0 Å². The van der Waals surface area contributed by atoms with E-state index in [1.165, 1.54) is 0 Å². The highest BCUT2D eigenvalue weighted by Crippen LogP contribution is 2.40. The van der Waals surface area contributed by atoms with Crippen LogP contribution >= 0.6 is 0 Å². The molecule has 0 aromatic carbocycles. The molecule has 14 bridgehead atoms. The molecule has 41 nitrogen and oxygen atoms in total. The largest absolute Gasteiger partial charge is 0.463 e. The van der Waals surface area contributed by atoms with E-state index in [0.29, 0.717) is 0 Å². The van der Waals surface area contributed by atoms with Crippen LogP contribution in [0.2, 0.25) is 0 Å². The van der Waals surface area contributed by atoms with Crippen molar-refractivity contribution in [1.29, 1.82) is 0 Å². The summed E-state index contributed by atoms with van der Waals surface area (Å²) in [5, 5.41) is 175. The normalized spacial score (nSPS) is 46.6. The van der Waals surface area contributed by atoms with Crippen molar-refractivity contribution in [2.45, 2.75) is 256 Å². The van der Waals surface area contributed by atoms with Crippen LogP contribution in [0.15, 0.2) is 0 Å². The summed E-state index contributed by atoms with van der Waals surface area (Å²) in [5.74, 6) is -5.76. The fraction of sp³-hybridized carbons (Fsp3) is 0.889. The number of esters is 6. The Balaban J connectivity index is 1.17. The fourth-order valence-corrected chi connectivity index (χ4v) is 11.5.